The van der Waals surface area contributed by atoms with Crippen molar-refractivity contribution in [2.75, 3.05) is 11.9 Å². The van der Waals surface area contributed by atoms with E-state index in [-0.39, 0.29) is 12.5 Å². The predicted octanol–water partition coefficient (Wildman–Crippen LogP) is 3.12. The molecule has 2 aromatic carbocycles. The molecule has 0 spiro atoms. The SMILES string of the molecule is Cc1cccc(OCC(=O)Nc2cccc(-c3ccc4nncn4n3)c2)c1. The number of ether oxygens (including phenoxy) is 1. The molecule has 1 N–H and O–H groups in total. The van der Waals surface area contributed by atoms with Crippen molar-refractivity contribution in [1.82, 2.24) is 19.8 Å². The van der Waals surface area contributed by atoms with Crippen molar-refractivity contribution in [2.45, 2.75) is 6.92 Å². The maximum Gasteiger partial charge on any atom is 0.262 e. The number of amides is 1. The van der Waals surface area contributed by atoms with Gasteiger partial charge in [-0.2, -0.15) is 9.61 Å². The summed E-state index contributed by atoms with van der Waals surface area (Å²) in [6, 6.07) is 18.8. The molecule has 0 saturated carbocycles. The van der Waals surface area contributed by atoms with Gasteiger partial charge in [-0.05, 0) is 48.9 Å². The Morgan fingerprint density at radius 1 is 1.11 bits per heavy atom. The Morgan fingerprint density at radius 2 is 2.00 bits per heavy atom. The van der Waals surface area contributed by atoms with Crippen LogP contribution in [0.4, 0.5) is 5.69 Å². The van der Waals surface area contributed by atoms with Crippen molar-refractivity contribution in [2.24, 2.45) is 0 Å². The van der Waals surface area contributed by atoms with Gasteiger partial charge in [0.15, 0.2) is 12.3 Å². The summed E-state index contributed by atoms with van der Waals surface area (Å²) in [7, 11) is 0. The molecule has 2 heterocycles. The van der Waals surface area contributed by atoms with Gasteiger partial charge in [-0.25, -0.2) is 0 Å². The highest BCUT2D eigenvalue weighted by atomic mass is 16.5. The second kappa shape index (κ2) is 7.25. The van der Waals surface area contributed by atoms with Crippen LogP contribution in [0.15, 0.2) is 67.0 Å². The molecule has 2 aromatic heterocycles. The predicted molar refractivity (Wildman–Crippen MR) is 102 cm³/mol. The largest absolute Gasteiger partial charge is 0.484 e. The summed E-state index contributed by atoms with van der Waals surface area (Å²) in [5.74, 6) is 0.446. The molecule has 0 bridgehead atoms. The molecular weight excluding hydrogens is 342 g/mol. The van der Waals surface area contributed by atoms with Gasteiger partial charge in [-0.1, -0.05) is 24.3 Å². The highest BCUT2D eigenvalue weighted by molar-refractivity contribution is 5.92. The number of benzene rings is 2. The zero-order valence-electron chi connectivity index (χ0n) is 14.7. The number of fused-ring (bicyclic) bond motifs is 1. The van der Waals surface area contributed by atoms with Crippen molar-refractivity contribution in [3.8, 4) is 17.0 Å². The van der Waals surface area contributed by atoms with Gasteiger partial charge >= 0.3 is 0 Å². The maximum absolute atomic E-state index is 12.2. The van der Waals surface area contributed by atoms with E-state index in [0.717, 1.165) is 16.8 Å². The standard InChI is InChI=1S/C20H17N5O2/c1-14-4-2-7-17(10-14)27-12-20(26)22-16-6-3-5-15(11-16)18-8-9-19-23-21-13-25(19)24-18/h2-11,13H,12H2,1H3,(H,22,26). The lowest BCUT2D eigenvalue weighted by Gasteiger charge is -2.09. The summed E-state index contributed by atoms with van der Waals surface area (Å²) in [5.41, 5.74) is 4.07. The maximum atomic E-state index is 12.2. The number of aryl methyl sites for hydroxylation is 1. The van der Waals surface area contributed by atoms with Gasteiger partial charge in [0.25, 0.3) is 5.91 Å². The number of hydrogen-bond acceptors (Lipinski definition) is 5. The molecule has 134 valence electrons. The molecule has 4 aromatic rings. The number of aromatic nitrogens is 4. The summed E-state index contributed by atoms with van der Waals surface area (Å²) in [6.45, 7) is 1.92. The zero-order chi connectivity index (χ0) is 18.6. The summed E-state index contributed by atoms with van der Waals surface area (Å²) >= 11 is 0. The van der Waals surface area contributed by atoms with Crippen molar-refractivity contribution in [3.63, 3.8) is 0 Å². The van der Waals surface area contributed by atoms with Gasteiger partial charge in [0.1, 0.15) is 12.1 Å². The van der Waals surface area contributed by atoms with Gasteiger partial charge in [0, 0.05) is 11.3 Å². The zero-order valence-corrected chi connectivity index (χ0v) is 14.7. The summed E-state index contributed by atoms with van der Waals surface area (Å²) in [5, 5.41) is 15.1. The third kappa shape index (κ3) is 3.92. The first kappa shape index (κ1) is 16.7. The minimum atomic E-state index is -0.226. The van der Waals surface area contributed by atoms with E-state index in [2.05, 4.69) is 20.6 Å². The van der Waals surface area contributed by atoms with Crippen molar-refractivity contribution < 1.29 is 9.53 Å². The number of hydrogen-bond donors (Lipinski definition) is 1. The van der Waals surface area contributed by atoms with Crippen LogP contribution in [-0.2, 0) is 4.79 Å². The monoisotopic (exact) mass is 359 g/mol. The topological polar surface area (TPSA) is 81.4 Å². The molecule has 0 radical (unpaired) electrons. The molecule has 1 amide bonds. The minimum absolute atomic E-state index is 0.0569. The van der Waals surface area contributed by atoms with Crippen LogP contribution in [0.2, 0.25) is 0 Å². The number of nitrogens with one attached hydrogen (secondary N) is 1. The lowest BCUT2D eigenvalue weighted by atomic mass is 10.1. The molecule has 27 heavy (non-hydrogen) atoms. The first-order valence-corrected chi connectivity index (χ1v) is 8.44. The molecule has 7 nitrogen and oxygen atoms in total. The van der Waals surface area contributed by atoms with Gasteiger partial charge in [0.05, 0.1) is 5.69 Å². The van der Waals surface area contributed by atoms with E-state index < -0.39 is 0 Å². The van der Waals surface area contributed by atoms with Crippen LogP contribution in [-0.4, -0.2) is 32.3 Å². The van der Waals surface area contributed by atoms with E-state index in [1.54, 1.807) is 10.8 Å². The van der Waals surface area contributed by atoms with Crippen molar-refractivity contribution in [3.05, 3.63) is 72.6 Å². The van der Waals surface area contributed by atoms with Crippen LogP contribution in [0.5, 0.6) is 5.75 Å². The van der Waals surface area contributed by atoms with Gasteiger partial charge in [-0.15, -0.1) is 10.2 Å². The Morgan fingerprint density at radius 3 is 2.89 bits per heavy atom. The van der Waals surface area contributed by atoms with Gasteiger partial charge in [0.2, 0.25) is 0 Å². The van der Waals surface area contributed by atoms with Crippen LogP contribution in [0.25, 0.3) is 16.9 Å². The van der Waals surface area contributed by atoms with Crippen LogP contribution < -0.4 is 10.1 Å². The lowest BCUT2D eigenvalue weighted by molar-refractivity contribution is -0.118. The Kier molecular flexibility index (Phi) is 4.49. The molecule has 0 unspecified atom stereocenters. The Balaban J connectivity index is 1.44. The molecule has 0 aliphatic heterocycles. The Labute approximate surface area is 155 Å². The minimum Gasteiger partial charge on any atom is -0.484 e. The van der Waals surface area contributed by atoms with Crippen LogP contribution in [0.1, 0.15) is 5.56 Å². The lowest BCUT2D eigenvalue weighted by Crippen LogP contribution is -2.20. The Hall–Kier alpha value is -3.74. The Bertz CT molecular complexity index is 1110. The van der Waals surface area contributed by atoms with Crippen molar-refractivity contribution >= 4 is 17.2 Å². The third-order valence-corrected chi connectivity index (χ3v) is 3.96. The second-order valence-electron chi connectivity index (χ2n) is 6.09. The number of anilines is 1. The average Bonchev–Trinajstić information content (AvgIpc) is 3.14. The number of carbonyl (C=O) groups is 1. The normalized spacial score (nSPS) is 10.7. The molecule has 0 saturated heterocycles. The quantitative estimate of drug-likeness (QED) is 0.592. The average molecular weight is 359 g/mol. The first-order valence-electron chi connectivity index (χ1n) is 8.44. The fourth-order valence-corrected chi connectivity index (χ4v) is 2.69. The van der Waals surface area contributed by atoms with Crippen LogP contribution >= 0.6 is 0 Å². The third-order valence-electron chi connectivity index (χ3n) is 3.96. The van der Waals surface area contributed by atoms with E-state index in [4.69, 9.17) is 4.74 Å². The van der Waals surface area contributed by atoms with E-state index in [0.29, 0.717) is 17.1 Å². The van der Waals surface area contributed by atoms with E-state index in [9.17, 15) is 4.79 Å². The molecule has 0 fully saturated rings. The van der Waals surface area contributed by atoms with Gasteiger partial charge < -0.3 is 10.1 Å². The summed E-state index contributed by atoms with van der Waals surface area (Å²) in [6.07, 6.45) is 1.55. The molecule has 0 aliphatic carbocycles. The second-order valence-corrected chi connectivity index (χ2v) is 6.09. The molecule has 4 rings (SSSR count). The molecule has 0 aliphatic rings. The van der Waals surface area contributed by atoms with E-state index in [1.807, 2.05) is 67.6 Å². The highest BCUT2D eigenvalue weighted by Crippen LogP contribution is 2.21. The smallest absolute Gasteiger partial charge is 0.262 e. The summed E-state index contributed by atoms with van der Waals surface area (Å²) < 4.78 is 7.14. The first-order chi connectivity index (χ1) is 13.2. The molecule has 0 atom stereocenters. The number of carbonyl (C=O) groups excluding carboxylic acids is 1. The number of rotatable bonds is 5. The van der Waals surface area contributed by atoms with E-state index in [1.165, 1.54) is 0 Å². The highest BCUT2D eigenvalue weighted by Gasteiger charge is 2.07. The molecular formula is C20H17N5O2. The fourth-order valence-electron chi connectivity index (χ4n) is 2.69. The fraction of sp³-hybridized carbons (Fsp3) is 0.100. The van der Waals surface area contributed by atoms with Crippen molar-refractivity contribution in [1.29, 1.82) is 0 Å². The van der Waals surface area contributed by atoms with Crippen LogP contribution in [0, 0.1) is 6.92 Å². The van der Waals surface area contributed by atoms with Gasteiger partial charge in [-0.3, -0.25) is 4.79 Å². The van der Waals surface area contributed by atoms with E-state index >= 15 is 0 Å². The molecule has 7 heteroatoms. The number of nitrogens with zero attached hydrogens (tertiary/aromatic N) is 4. The van der Waals surface area contributed by atoms with Crippen LogP contribution in [0.3, 0.4) is 0 Å². The summed E-state index contributed by atoms with van der Waals surface area (Å²) in [4.78, 5) is 12.2.